The number of hydrogen-bond donors (Lipinski definition) is 2. The predicted octanol–water partition coefficient (Wildman–Crippen LogP) is 3.19. The Morgan fingerprint density at radius 1 is 1.39 bits per heavy atom. The van der Waals surface area contributed by atoms with E-state index in [1.165, 1.54) is 11.1 Å². The van der Waals surface area contributed by atoms with E-state index in [0.29, 0.717) is 0 Å². The quantitative estimate of drug-likeness (QED) is 0.835. The maximum Gasteiger partial charge on any atom is 0.412 e. The van der Waals surface area contributed by atoms with Crippen LogP contribution in [0.2, 0.25) is 0 Å². The number of carbonyl (C=O) groups is 1. The van der Waals surface area contributed by atoms with Crippen LogP contribution in [0.3, 0.4) is 0 Å². The summed E-state index contributed by atoms with van der Waals surface area (Å²) in [5.74, 6) is 0. The van der Waals surface area contributed by atoms with Gasteiger partial charge in [-0.3, -0.25) is 5.32 Å². The zero-order chi connectivity index (χ0) is 16.5. The average Bonchev–Trinajstić information content (AvgIpc) is 2.46. The molecule has 0 aromatic heterocycles. The summed E-state index contributed by atoms with van der Waals surface area (Å²) < 4.78 is 11.0. The fourth-order valence-electron chi connectivity index (χ4n) is 3.48. The number of rotatable bonds is 1. The molecule has 0 saturated carbocycles. The Bertz CT molecular complexity index is 586. The van der Waals surface area contributed by atoms with Crippen LogP contribution in [0.15, 0.2) is 18.2 Å². The van der Waals surface area contributed by atoms with Gasteiger partial charge in [0.2, 0.25) is 0 Å². The highest BCUT2D eigenvalue weighted by Crippen LogP contribution is 2.38. The number of amides is 1. The molecule has 1 saturated heterocycles. The molecule has 5 nitrogen and oxygen atoms in total. The number of benzene rings is 1. The summed E-state index contributed by atoms with van der Waals surface area (Å²) in [4.78, 5) is 11.9. The molecule has 23 heavy (non-hydrogen) atoms. The highest BCUT2D eigenvalue weighted by Gasteiger charge is 2.38. The summed E-state index contributed by atoms with van der Waals surface area (Å²) >= 11 is 0. The molecule has 1 aliphatic carbocycles. The number of aryl methyl sites for hydroxylation is 1. The van der Waals surface area contributed by atoms with Gasteiger partial charge in [0.25, 0.3) is 0 Å². The number of anilines is 1. The Balaban J connectivity index is 1.78. The van der Waals surface area contributed by atoms with Gasteiger partial charge in [0.15, 0.2) is 0 Å². The van der Waals surface area contributed by atoms with Gasteiger partial charge in [-0.05, 0) is 63.3 Å². The van der Waals surface area contributed by atoms with Crippen molar-refractivity contribution in [2.45, 2.75) is 51.2 Å². The molecule has 3 rings (SSSR count). The van der Waals surface area contributed by atoms with E-state index in [9.17, 15) is 4.79 Å². The molecule has 1 aromatic carbocycles. The van der Waals surface area contributed by atoms with Crippen LogP contribution in [0.4, 0.5) is 10.5 Å². The summed E-state index contributed by atoms with van der Waals surface area (Å²) in [7, 11) is 0. The van der Waals surface area contributed by atoms with E-state index in [-0.39, 0.29) is 5.54 Å². The summed E-state index contributed by atoms with van der Waals surface area (Å²) in [5.41, 5.74) is 2.81. The van der Waals surface area contributed by atoms with Gasteiger partial charge < -0.3 is 14.8 Å². The lowest BCUT2D eigenvalue weighted by Gasteiger charge is -2.42. The number of fused-ring (bicyclic) bond motifs is 2. The van der Waals surface area contributed by atoms with Crippen LogP contribution in [0.1, 0.15) is 44.7 Å². The first-order chi connectivity index (χ1) is 10.9. The minimum atomic E-state index is -0.494. The van der Waals surface area contributed by atoms with Crippen LogP contribution in [-0.2, 0) is 21.4 Å². The van der Waals surface area contributed by atoms with Crippen molar-refractivity contribution in [2.75, 3.05) is 25.1 Å². The Hall–Kier alpha value is -1.59. The Kier molecular flexibility index (Phi) is 4.34. The van der Waals surface area contributed by atoms with Gasteiger partial charge in [-0.15, -0.1) is 0 Å². The molecule has 1 spiro atoms. The van der Waals surface area contributed by atoms with E-state index in [4.69, 9.17) is 9.47 Å². The minimum absolute atomic E-state index is 0.0592. The van der Waals surface area contributed by atoms with Crippen molar-refractivity contribution < 1.29 is 14.3 Å². The smallest absolute Gasteiger partial charge is 0.412 e. The van der Waals surface area contributed by atoms with Gasteiger partial charge in [0, 0.05) is 12.2 Å². The molecule has 1 fully saturated rings. The van der Waals surface area contributed by atoms with E-state index < -0.39 is 11.7 Å². The highest BCUT2D eigenvalue weighted by molar-refractivity contribution is 5.85. The Labute approximate surface area is 137 Å². The standard InChI is InChI=1S/C18H26N2O3/c1-17(2,3)23-16(21)20-14-6-7-15-13(11-14)5-4-8-18(15)12-22-10-9-19-18/h6-7,11,19H,4-5,8-10,12H2,1-3H3,(H,20,21)/t18-/m1/s1. The molecular weight excluding hydrogens is 292 g/mol. The summed E-state index contributed by atoms with van der Waals surface area (Å²) in [6.07, 6.45) is 2.84. The SMILES string of the molecule is CC(C)(C)OC(=O)Nc1ccc2c(c1)CCC[C@@]21COCCN1. The van der Waals surface area contributed by atoms with Crippen LogP contribution >= 0.6 is 0 Å². The van der Waals surface area contributed by atoms with Crippen LogP contribution in [0.5, 0.6) is 0 Å². The molecule has 0 unspecified atom stereocenters. The fourth-order valence-corrected chi connectivity index (χ4v) is 3.48. The largest absolute Gasteiger partial charge is 0.444 e. The lowest BCUT2D eigenvalue weighted by Crippen LogP contribution is -2.53. The van der Waals surface area contributed by atoms with Gasteiger partial charge in [0.05, 0.1) is 18.8 Å². The van der Waals surface area contributed by atoms with E-state index in [1.807, 2.05) is 26.8 Å². The normalized spacial score (nSPS) is 24.1. The lowest BCUT2D eigenvalue weighted by atomic mass is 9.76. The van der Waals surface area contributed by atoms with Crippen LogP contribution in [-0.4, -0.2) is 31.5 Å². The first-order valence-corrected chi connectivity index (χ1v) is 8.34. The van der Waals surface area contributed by atoms with Crippen molar-refractivity contribution in [3.05, 3.63) is 29.3 Å². The van der Waals surface area contributed by atoms with Crippen molar-refractivity contribution in [2.24, 2.45) is 0 Å². The fraction of sp³-hybridized carbons (Fsp3) is 0.611. The number of nitrogens with one attached hydrogen (secondary N) is 2. The van der Waals surface area contributed by atoms with Crippen molar-refractivity contribution >= 4 is 11.8 Å². The number of hydrogen-bond acceptors (Lipinski definition) is 4. The van der Waals surface area contributed by atoms with Crippen molar-refractivity contribution in [1.82, 2.24) is 5.32 Å². The number of ether oxygens (including phenoxy) is 2. The van der Waals surface area contributed by atoms with Crippen LogP contribution in [0.25, 0.3) is 0 Å². The van der Waals surface area contributed by atoms with Gasteiger partial charge in [-0.25, -0.2) is 4.79 Å². The molecule has 1 aromatic rings. The second-order valence-electron chi connectivity index (χ2n) is 7.41. The van der Waals surface area contributed by atoms with Gasteiger partial charge in [0.1, 0.15) is 5.60 Å². The van der Waals surface area contributed by atoms with Crippen molar-refractivity contribution in [1.29, 1.82) is 0 Å². The monoisotopic (exact) mass is 318 g/mol. The van der Waals surface area contributed by atoms with Gasteiger partial charge in [-0.1, -0.05) is 6.07 Å². The first kappa shape index (κ1) is 16.3. The third kappa shape index (κ3) is 3.67. The van der Waals surface area contributed by atoms with E-state index >= 15 is 0 Å². The predicted molar refractivity (Wildman–Crippen MR) is 89.7 cm³/mol. The molecule has 0 bridgehead atoms. The van der Waals surface area contributed by atoms with E-state index in [1.54, 1.807) is 0 Å². The lowest BCUT2D eigenvalue weighted by molar-refractivity contribution is 0.0169. The third-order valence-corrected chi connectivity index (χ3v) is 4.37. The second-order valence-corrected chi connectivity index (χ2v) is 7.41. The second kappa shape index (κ2) is 6.13. The van der Waals surface area contributed by atoms with E-state index in [2.05, 4.69) is 22.8 Å². The molecule has 2 aliphatic rings. The summed E-state index contributed by atoms with van der Waals surface area (Å²) in [6, 6.07) is 6.13. The van der Waals surface area contributed by atoms with Crippen LogP contribution < -0.4 is 10.6 Å². The van der Waals surface area contributed by atoms with Crippen molar-refractivity contribution in [3.8, 4) is 0 Å². The molecule has 1 aliphatic heterocycles. The molecule has 0 radical (unpaired) electrons. The number of morpholine rings is 1. The molecule has 5 heteroatoms. The van der Waals surface area contributed by atoms with Gasteiger partial charge in [-0.2, -0.15) is 0 Å². The van der Waals surface area contributed by atoms with E-state index in [0.717, 1.165) is 44.7 Å². The molecule has 1 heterocycles. The molecular formula is C18H26N2O3. The number of carbonyl (C=O) groups excluding carboxylic acids is 1. The zero-order valence-electron chi connectivity index (χ0n) is 14.2. The summed E-state index contributed by atoms with van der Waals surface area (Å²) in [6.45, 7) is 7.96. The average molecular weight is 318 g/mol. The highest BCUT2D eigenvalue weighted by atomic mass is 16.6. The molecule has 1 atom stereocenters. The Morgan fingerprint density at radius 2 is 2.22 bits per heavy atom. The molecule has 2 N–H and O–H groups in total. The van der Waals surface area contributed by atoms with Crippen molar-refractivity contribution in [3.63, 3.8) is 0 Å². The Morgan fingerprint density at radius 3 is 2.91 bits per heavy atom. The van der Waals surface area contributed by atoms with Crippen LogP contribution in [0, 0.1) is 0 Å². The maximum absolute atomic E-state index is 11.9. The minimum Gasteiger partial charge on any atom is -0.444 e. The maximum atomic E-state index is 11.9. The first-order valence-electron chi connectivity index (χ1n) is 8.34. The third-order valence-electron chi connectivity index (χ3n) is 4.37. The molecule has 1 amide bonds. The molecule has 126 valence electrons. The van der Waals surface area contributed by atoms with Gasteiger partial charge >= 0.3 is 6.09 Å². The zero-order valence-corrected chi connectivity index (χ0v) is 14.2. The summed E-state index contributed by atoms with van der Waals surface area (Å²) in [5, 5.41) is 6.47. The topological polar surface area (TPSA) is 59.6 Å².